The molecule has 0 heterocycles. The van der Waals surface area contributed by atoms with Crippen LogP contribution >= 0.6 is 0 Å². The minimum absolute atomic E-state index is 0.179. The number of carboxylic acid groups (broad SMARTS) is 1. The van der Waals surface area contributed by atoms with Gasteiger partial charge in [-0.05, 0) is 12.1 Å². The van der Waals surface area contributed by atoms with Gasteiger partial charge < -0.3 is 10.4 Å². The number of benzene rings is 1. The Bertz CT molecular complexity index is 400. The monoisotopic (exact) mass is 229 g/mol. The van der Waals surface area contributed by atoms with E-state index in [0.717, 1.165) is 18.2 Å². The molecule has 6 heteroatoms. The van der Waals surface area contributed by atoms with Crippen molar-refractivity contribution in [3.63, 3.8) is 0 Å². The molecule has 0 aliphatic rings. The first-order valence-corrected chi connectivity index (χ1v) is 4.46. The van der Waals surface area contributed by atoms with Gasteiger partial charge in [-0.1, -0.05) is 6.07 Å². The third-order valence-corrected chi connectivity index (χ3v) is 1.87. The van der Waals surface area contributed by atoms with Crippen LogP contribution in [-0.2, 0) is 0 Å². The molecular weight excluding hydrogens is 220 g/mol. The number of nitrogens with one attached hydrogen (secondary N) is 1. The van der Waals surface area contributed by atoms with E-state index in [-0.39, 0.29) is 13.0 Å². The summed E-state index contributed by atoms with van der Waals surface area (Å²) in [6.07, 6.45) is -1.58. The van der Waals surface area contributed by atoms with Gasteiger partial charge in [0.15, 0.2) is 5.78 Å². The van der Waals surface area contributed by atoms with Gasteiger partial charge in [-0.25, -0.2) is 13.6 Å². The standard InChI is InChI=1S/C10H9F2NO3/c11-6-2-1-3-7(12)9(6)8(14)4-5-13-10(15)16/h1-3,13H,4-5H2,(H,15,16). The van der Waals surface area contributed by atoms with Gasteiger partial charge in [0.2, 0.25) is 0 Å². The highest BCUT2D eigenvalue weighted by Crippen LogP contribution is 2.13. The summed E-state index contributed by atoms with van der Waals surface area (Å²) >= 11 is 0. The molecule has 1 amide bonds. The Hall–Kier alpha value is -1.98. The molecule has 0 unspecified atom stereocenters. The number of hydrogen-bond donors (Lipinski definition) is 2. The Kier molecular flexibility index (Phi) is 3.93. The Morgan fingerprint density at radius 2 is 1.81 bits per heavy atom. The van der Waals surface area contributed by atoms with Gasteiger partial charge >= 0.3 is 6.09 Å². The summed E-state index contributed by atoms with van der Waals surface area (Å²) in [5, 5.41) is 10.2. The number of hydrogen-bond acceptors (Lipinski definition) is 2. The van der Waals surface area contributed by atoms with Crippen molar-refractivity contribution in [2.24, 2.45) is 0 Å². The molecule has 1 aromatic carbocycles. The maximum Gasteiger partial charge on any atom is 0.404 e. The predicted molar refractivity (Wildman–Crippen MR) is 51.3 cm³/mol. The normalized spacial score (nSPS) is 9.88. The second kappa shape index (κ2) is 5.20. The minimum atomic E-state index is -1.29. The SMILES string of the molecule is O=C(O)NCCC(=O)c1c(F)cccc1F. The topological polar surface area (TPSA) is 66.4 Å². The number of carbonyl (C=O) groups excluding carboxylic acids is 1. The summed E-state index contributed by atoms with van der Waals surface area (Å²) in [4.78, 5) is 21.4. The first kappa shape index (κ1) is 12.1. The zero-order valence-corrected chi connectivity index (χ0v) is 8.17. The Morgan fingerprint density at radius 3 is 2.31 bits per heavy atom. The van der Waals surface area contributed by atoms with Crippen molar-refractivity contribution in [1.82, 2.24) is 5.32 Å². The molecular formula is C10H9F2NO3. The summed E-state index contributed by atoms with van der Waals surface area (Å²) in [5.74, 6) is -2.66. The molecule has 4 nitrogen and oxygen atoms in total. The van der Waals surface area contributed by atoms with E-state index in [4.69, 9.17) is 5.11 Å². The molecule has 86 valence electrons. The Labute approximate surface area is 89.9 Å². The van der Waals surface area contributed by atoms with Crippen LogP contribution in [-0.4, -0.2) is 23.5 Å². The number of amides is 1. The molecule has 0 bridgehead atoms. The summed E-state index contributed by atoms with van der Waals surface area (Å²) < 4.78 is 26.2. The third kappa shape index (κ3) is 3.01. The lowest BCUT2D eigenvalue weighted by Gasteiger charge is -2.03. The quantitative estimate of drug-likeness (QED) is 0.773. The van der Waals surface area contributed by atoms with Crippen LogP contribution in [0.5, 0.6) is 0 Å². The highest BCUT2D eigenvalue weighted by molar-refractivity contribution is 5.96. The number of ketones is 1. The minimum Gasteiger partial charge on any atom is -0.465 e. The number of rotatable bonds is 4. The predicted octanol–water partition coefficient (Wildman–Crippen LogP) is 1.81. The van der Waals surface area contributed by atoms with Crippen LogP contribution in [0.15, 0.2) is 18.2 Å². The van der Waals surface area contributed by atoms with Crippen molar-refractivity contribution in [3.8, 4) is 0 Å². The fourth-order valence-electron chi connectivity index (χ4n) is 1.17. The molecule has 0 saturated carbocycles. The molecule has 0 atom stereocenters. The van der Waals surface area contributed by atoms with E-state index in [0.29, 0.717) is 0 Å². The third-order valence-electron chi connectivity index (χ3n) is 1.87. The lowest BCUT2D eigenvalue weighted by Crippen LogP contribution is -2.24. The van der Waals surface area contributed by atoms with E-state index in [2.05, 4.69) is 0 Å². The fourth-order valence-corrected chi connectivity index (χ4v) is 1.17. The molecule has 2 N–H and O–H groups in total. The zero-order valence-electron chi connectivity index (χ0n) is 8.17. The van der Waals surface area contributed by atoms with Crippen molar-refractivity contribution >= 4 is 11.9 Å². The van der Waals surface area contributed by atoms with Crippen LogP contribution < -0.4 is 5.32 Å². The molecule has 0 fully saturated rings. The second-order valence-electron chi connectivity index (χ2n) is 3.00. The van der Waals surface area contributed by atoms with Crippen molar-refractivity contribution < 1.29 is 23.5 Å². The molecule has 1 aromatic rings. The van der Waals surface area contributed by atoms with Crippen LogP contribution in [0.3, 0.4) is 0 Å². The lowest BCUT2D eigenvalue weighted by atomic mass is 10.1. The van der Waals surface area contributed by atoms with Gasteiger partial charge in [0.1, 0.15) is 11.6 Å². The van der Waals surface area contributed by atoms with E-state index < -0.39 is 29.1 Å². The lowest BCUT2D eigenvalue weighted by molar-refractivity contribution is 0.0975. The number of halogens is 2. The average molecular weight is 229 g/mol. The molecule has 16 heavy (non-hydrogen) atoms. The smallest absolute Gasteiger partial charge is 0.404 e. The van der Waals surface area contributed by atoms with Gasteiger partial charge in [-0.15, -0.1) is 0 Å². The first-order valence-electron chi connectivity index (χ1n) is 4.46. The summed E-state index contributed by atoms with van der Waals surface area (Å²) in [5.41, 5.74) is -0.630. The summed E-state index contributed by atoms with van der Waals surface area (Å²) in [7, 11) is 0. The largest absolute Gasteiger partial charge is 0.465 e. The molecule has 1 rings (SSSR count). The number of carbonyl (C=O) groups is 2. The van der Waals surface area contributed by atoms with Crippen molar-refractivity contribution in [1.29, 1.82) is 0 Å². The number of Topliss-reactive ketones (excluding diaryl/α,β-unsaturated/α-hetero) is 1. The summed E-state index contributed by atoms with van der Waals surface area (Å²) in [6.45, 7) is -0.179. The molecule has 0 radical (unpaired) electrons. The van der Waals surface area contributed by atoms with Crippen LogP contribution in [0, 0.1) is 11.6 Å². The fraction of sp³-hybridized carbons (Fsp3) is 0.200. The zero-order chi connectivity index (χ0) is 12.1. The van der Waals surface area contributed by atoms with Gasteiger partial charge in [0.25, 0.3) is 0 Å². The van der Waals surface area contributed by atoms with Crippen LogP contribution in [0.4, 0.5) is 13.6 Å². The van der Waals surface area contributed by atoms with Gasteiger partial charge in [0.05, 0.1) is 5.56 Å². The van der Waals surface area contributed by atoms with E-state index in [1.165, 1.54) is 0 Å². The van der Waals surface area contributed by atoms with Crippen LogP contribution in [0.2, 0.25) is 0 Å². The van der Waals surface area contributed by atoms with E-state index in [1.54, 1.807) is 0 Å². The Balaban J connectivity index is 2.70. The first-order chi connectivity index (χ1) is 7.52. The van der Waals surface area contributed by atoms with Crippen LogP contribution in [0.1, 0.15) is 16.8 Å². The maximum absolute atomic E-state index is 13.1. The van der Waals surface area contributed by atoms with E-state index >= 15 is 0 Å². The van der Waals surface area contributed by atoms with Crippen molar-refractivity contribution in [2.45, 2.75) is 6.42 Å². The van der Waals surface area contributed by atoms with Crippen molar-refractivity contribution in [3.05, 3.63) is 35.4 Å². The van der Waals surface area contributed by atoms with Crippen LogP contribution in [0.25, 0.3) is 0 Å². The Morgan fingerprint density at radius 1 is 1.25 bits per heavy atom. The van der Waals surface area contributed by atoms with E-state index in [1.807, 2.05) is 5.32 Å². The van der Waals surface area contributed by atoms with Gasteiger partial charge in [-0.3, -0.25) is 4.79 Å². The second-order valence-corrected chi connectivity index (χ2v) is 3.00. The molecule has 0 aliphatic carbocycles. The highest BCUT2D eigenvalue weighted by Gasteiger charge is 2.16. The van der Waals surface area contributed by atoms with Gasteiger partial charge in [0, 0.05) is 13.0 Å². The maximum atomic E-state index is 13.1. The molecule has 0 aliphatic heterocycles. The average Bonchev–Trinajstić information content (AvgIpc) is 2.16. The van der Waals surface area contributed by atoms with Crippen molar-refractivity contribution in [2.75, 3.05) is 6.54 Å². The molecule has 0 aromatic heterocycles. The highest BCUT2D eigenvalue weighted by atomic mass is 19.1. The molecule has 0 spiro atoms. The molecule has 0 saturated heterocycles. The van der Waals surface area contributed by atoms with Gasteiger partial charge in [-0.2, -0.15) is 0 Å². The summed E-state index contributed by atoms with van der Waals surface area (Å²) in [6, 6.07) is 3.10. The van der Waals surface area contributed by atoms with E-state index in [9.17, 15) is 18.4 Å².